The van der Waals surface area contributed by atoms with Crippen molar-refractivity contribution >= 4 is 33.8 Å². The molecule has 4 aromatic rings. The zero-order valence-corrected chi connectivity index (χ0v) is 17.7. The van der Waals surface area contributed by atoms with Crippen LogP contribution in [0.15, 0.2) is 53.9 Å². The number of primary amides is 1. The van der Waals surface area contributed by atoms with Crippen LogP contribution in [-0.2, 0) is 24.3 Å². The molecule has 6 nitrogen and oxygen atoms in total. The number of fused-ring (bicyclic) bond motifs is 2. The van der Waals surface area contributed by atoms with Crippen molar-refractivity contribution in [2.45, 2.75) is 26.0 Å². The number of nitrogens with zero attached hydrogens (tertiary/aromatic N) is 2. The zero-order chi connectivity index (χ0) is 21.2. The van der Waals surface area contributed by atoms with Crippen molar-refractivity contribution in [2.75, 3.05) is 11.9 Å². The average Bonchev–Trinajstić information content (AvgIpc) is 3.08. The monoisotopic (exact) mass is 430 g/mol. The quantitative estimate of drug-likeness (QED) is 0.485. The Labute approximate surface area is 184 Å². The number of anilines is 1. The van der Waals surface area contributed by atoms with Gasteiger partial charge in [0.25, 0.3) is 0 Å². The number of nitrogens with one attached hydrogen (secondary N) is 1. The minimum atomic E-state index is -0.434. The van der Waals surface area contributed by atoms with E-state index in [4.69, 9.17) is 20.4 Å². The van der Waals surface area contributed by atoms with Gasteiger partial charge in [0, 0.05) is 40.4 Å². The van der Waals surface area contributed by atoms with Crippen LogP contribution in [-0.4, -0.2) is 22.5 Å². The number of hydrogen-bond acceptors (Lipinski definition) is 6. The third-order valence-corrected chi connectivity index (χ3v) is 6.46. The van der Waals surface area contributed by atoms with E-state index in [1.54, 1.807) is 6.07 Å². The maximum atomic E-state index is 11.8. The van der Waals surface area contributed by atoms with Crippen LogP contribution >= 0.6 is 11.3 Å². The van der Waals surface area contributed by atoms with Gasteiger partial charge in [0.1, 0.15) is 5.82 Å². The highest BCUT2D eigenvalue weighted by molar-refractivity contribution is 7.15. The summed E-state index contributed by atoms with van der Waals surface area (Å²) in [6, 6.07) is 15.8. The Morgan fingerprint density at radius 3 is 2.81 bits per heavy atom. The number of rotatable bonds is 5. The number of aromatic nitrogens is 2. The summed E-state index contributed by atoms with van der Waals surface area (Å²) in [5.41, 5.74) is 9.31. The van der Waals surface area contributed by atoms with E-state index in [1.807, 2.05) is 35.7 Å². The standard InChI is InChI=1S/C24H22N4O2S/c25-22(29)17-9-4-8-16-19(17)14-31-21(16)24-27-20-13-30-11-5-10-18(20)23(28-24)26-12-15-6-2-1-3-7-15/h1-4,6-9,14H,5,10-13H2,(H2,25,29)(H,26,27,28). The second-order valence-electron chi connectivity index (χ2n) is 7.51. The van der Waals surface area contributed by atoms with E-state index >= 15 is 0 Å². The molecule has 0 aliphatic carbocycles. The highest BCUT2D eigenvalue weighted by atomic mass is 32.1. The molecule has 0 radical (unpaired) electrons. The molecule has 0 saturated carbocycles. The van der Waals surface area contributed by atoms with Gasteiger partial charge in [-0.3, -0.25) is 4.79 Å². The molecule has 3 heterocycles. The molecular formula is C24H22N4O2S. The van der Waals surface area contributed by atoms with Crippen molar-refractivity contribution in [2.24, 2.45) is 5.73 Å². The van der Waals surface area contributed by atoms with Crippen molar-refractivity contribution in [1.29, 1.82) is 0 Å². The summed E-state index contributed by atoms with van der Waals surface area (Å²) in [5, 5.41) is 7.24. The van der Waals surface area contributed by atoms with Crippen LogP contribution in [0.5, 0.6) is 0 Å². The van der Waals surface area contributed by atoms with Crippen molar-refractivity contribution in [1.82, 2.24) is 9.97 Å². The second-order valence-corrected chi connectivity index (χ2v) is 8.39. The van der Waals surface area contributed by atoms with Gasteiger partial charge in [-0.2, -0.15) is 0 Å². The fourth-order valence-electron chi connectivity index (χ4n) is 3.92. The van der Waals surface area contributed by atoms with Crippen LogP contribution < -0.4 is 11.1 Å². The largest absolute Gasteiger partial charge is 0.375 e. The highest BCUT2D eigenvalue weighted by Crippen LogP contribution is 2.36. The molecule has 3 N–H and O–H groups in total. The normalized spacial score (nSPS) is 13.5. The van der Waals surface area contributed by atoms with Crippen molar-refractivity contribution in [3.05, 3.63) is 76.3 Å². The van der Waals surface area contributed by atoms with Crippen LogP contribution in [0.3, 0.4) is 0 Å². The van der Waals surface area contributed by atoms with Gasteiger partial charge in [0.15, 0.2) is 5.82 Å². The van der Waals surface area contributed by atoms with Crippen molar-refractivity contribution in [3.63, 3.8) is 0 Å². The second kappa shape index (κ2) is 8.45. The molecule has 7 heteroatoms. The first kappa shape index (κ1) is 19.7. The Morgan fingerprint density at radius 1 is 1.10 bits per heavy atom. The van der Waals surface area contributed by atoms with E-state index in [0.717, 1.165) is 45.6 Å². The van der Waals surface area contributed by atoms with E-state index in [1.165, 1.54) is 16.9 Å². The molecule has 0 spiro atoms. The molecule has 1 amide bonds. The number of amides is 1. The summed E-state index contributed by atoms with van der Waals surface area (Å²) in [6.45, 7) is 1.87. The summed E-state index contributed by atoms with van der Waals surface area (Å²) >= 11 is 1.53. The average molecular weight is 431 g/mol. The summed E-state index contributed by atoms with van der Waals surface area (Å²) in [4.78, 5) is 22.6. The predicted molar refractivity (Wildman–Crippen MR) is 123 cm³/mol. The van der Waals surface area contributed by atoms with Crippen LogP contribution in [0.4, 0.5) is 5.82 Å². The Bertz CT molecular complexity index is 1250. The Kier molecular flexibility index (Phi) is 5.36. The van der Waals surface area contributed by atoms with E-state index < -0.39 is 5.91 Å². The zero-order valence-electron chi connectivity index (χ0n) is 16.9. The van der Waals surface area contributed by atoms with E-state index in [-0.39, 0.29) is 0 Å². The maximum Gasteiger partial charge on any atom is 0.249 e. The minimum absolute atomic E-state index is 0.434. The van der Waals surface area contributed by atoms with Gasteiger partial charge in [-0.05, 0) is 24.5 Å². The van der Waals surface area contributed by atoms with Gasteiger partial charge in [-0.1, -0.05) is 42.5 Å². The molecule has 1 aliphatic heterocycles. The molecule has 2 aromatic carbocycles. The number of nitrogens with two attached hydrogens (primary N) is 1. The lowest BCUT2D eigenvalue weighted by atomic mass is 10.1. The van der Waals surface area contributed by atoms with Gasteiger partial charge in [0.2, 0.25) is 5.91 Å². The fourth-order valence-corrected chi connectivity index (χ4v) is 4.91. The highest BCUT2D eigenvalue weighted by Gasteiger charge is 2.20. The van der Waals surface area contributed by atoms with Gasteiger partial charge in [0.05, 0.1) is 17.2 Å². The van der Waals surface area contributed by atoms with Crippen molar-refractivity contribution < 1.29 is 9.53 Å². The maximum absolute atomic E-state index is 11.8. The molecule has 0 fully saturated rings. The van der Waals surface area contributed by atoms with Crippen LogP contribution in [0.25, 0.3) is 21.5 Å². The molecule has 0 saturated heterocycles. The topological polar surface area (TPSA) is 90.1 Å². The molecule has 5 rings (SSSR count). The predicted octanol–water partition coefficient (Wildman–Crippen LogP) is 4.53. The smallest absolute Gasteiger partial charge is 0.249 e. The summed E-state index contributed by atoms with van der Waals surface area (Å²) in [7, 11) is 0. The lowest BCUT2D eigenvalue weighted by Crippen LogP contribution is -2.11. The fraction of sp³-hybridized carbons (Fsp3) is 0.208. The van der Waals surface area contributed by atoms with Crippen molar-refractivity contribution in [3.8, 4) is 10.7 Å². The number of hydrogen-bond donors (Lipinski definition) is 2. The van der Waals surface area contributed by atoms with Gasteiger partial charge in [-0.15, -0.1) is 11.3 Å². The lowest BCUT2D eigenvalue weighted by Gasteiger charge is -2.14. The summed E-state index contributed by atoms with van der Waals surface area (Å²) < 4.78 is 5.77. The van der Waals surface area contributed by atoms with E-state index in [9.17, 15) is 4.79 Å². The number of carbonyl (C=O) groups is 1. The van der Waals surface area contributed by atoms with Crippen LogP contribution in [0.1, 0.15) is 33.6 Å². The molecule has 0 unspecified atom stereocenters. The number of thiophene rings is 1. The lowest BCUT2D eigenvalue weighted by molar-refractivity contribution is 0.100. The molecule has 2 aromatic heterocycles. The Morgan fingerprint density at radius 2 is 1.97 bits per heavy atom. The van der Waals surface area contributed by atoms with Gasteiger partial charge >= 0.3 is 0 Å². The molecule has 1 aliphatic rings. The molecule has 31 heavy (non-hydrogen) atoms. The van der Waals surface area contributed by atoms with Crippen LogP contribution in [0, 0.1) is 0 Å². The summed E-state index contributed by atoms with van der Waals surface area (Å²) in [6.07, 6.45) is 1.82. The SMILES string of the molecule is NC(=O)c1cccc2c(-c3nc4c(c(NCc5ccccc5)n3)CCCOC4)scc12. The molecular weight excluding hydrogens is 408 g/mol. The van der Waals surface area contributed by atoms with Gasteiger partial charge in [-0.25, -0.2) is 9.97 Å². The van der Waals surface area contributed by atoms with E-state index in [2.05, 4.69) is 17.4 Å². The molecule has 156 valence electrons. The first-order valence-corrected chi connectivity index (χ1v) is 11.1. The number of ether oxygens (including phenoxy) is 1. The first-order chi connectivity index (χ1) is 15.2. The third kappa shape index (κ3) is 3.89. The molecule has 0 atom stereocenters. The van der Waals surface area contributed by atoms with Crippen LogP contribution in [0.2, 0.25) is 0 Å². The summed E-state index contributed by atoms with van der Waals surface area (Å²) in [5.74, 6) is 1.06. The minimum Gasteiger partial charge on any atom is -0.375 e. The van der Waals surface area contributed by atoms with E-state index in [0.29, 0.717) is 31.1 Å². The third-order valence-electron chi connectivity index (χ3n) is 5.46. The Balaban J connectivity index is 1.59. The van der Waals surface area contributed by atoms with Gasteiger partial charge < -0.3 is 15.8 Å². The number of benzene rings is 2. The number of carbonyl (C=O) groups excluding carboxylic acids is 1. The Hall–Kier alpha value is -3.29. The first-order valence-electron chi connectivity index (χ1n) is 10.3. The molecule has 0 bridgehead atoms.